The molecule has 0 radical (unpaired) electrons. The van der Waals surface area contributed by atoms with E-state index in [0.29, 0.717) is 34.3 Å². The van der Waals surface area contributed by atoms with Crippen LogP contribution in [-0.2, 0) is 19.1 Å². The first-order valence-corrected chi connectivity index (χ1v) is 10.9. The number of hydrogen-bond donors (Lipinski definition) is 1. The summed E-state index contributed by atoms with van der Waals surface area (Å²) in [4.78, 5) is 41.6. The average Bonchev–Trinajstić information content (AvgIpc) is 2.84. The molecular formula is C24H22ClFN2O6. The van der Waals surface area contributed by atoms with Gasteiger partial charge in [0.1, 0.15) is 11.6 Å². The molecule has 2 aromatic carbocycles. The molecule has 1 N–H and O–H groups in total. The Balaban J connectivity index is 1.62. The Labute approximate surface area is 199 Å². The van der Waals surface area contributed by atoms with Crippen molar-refractivity contribution in [1.82, 2.24) is 9.88 Å². The molecule has 0 unspecified atom stereocenters. The molecule has 34 heavy (non-hydrogen) atoms. The number of pyridine rings is 1. The van der Waals surface area contributed by atoms with Crippen LogP contribution < -0.4 is 10.3 Å². The summed E-state index contributed by atoms with van der Waals surface area (Å²) in [5.74, 6) is -1.14. The van der Waals surface area contributed by atoms with Crippen LogP contribution in [0.3, 0.4) is 0 Å². The zero-order valence-corrected chi connectivity index (χ0v) is 19.2. The van der Waals surface area contributed by atoms with E-state index in [2.05, 4.69) is 4.98 Å². The minimum Gasteiger partial charge on any atom is -0.481 e. The molecule has 1 aliphatic rings. The summed E-state index contributed by atoms with van der Waals surface area (Å²) in [7, 11) is 1.25. The van der Waals surface area contributed by atoms with Crippen LogP contribution in [0, 0.1) is 5.82 Å². The van der Waals surface area contributed by atoms with Crippen LogP contribution in [0.5, 0.6) is 5.75 Å². The van der Waals surface area contributed by atoms with Crippen molar-refractivity contribution in [3.8, 4) is 16.9 Å². The van der Waals surface area contributed by atoms with E-state index >= 15 is 0 Å². The van der Waals surface area contributed by atoms with E-state index in [1.165, 1.54) is 42.5 Å². The number of methoxy groups -OCH3 is 1. The van der Waals surface area contributed by atoms with Gasteiger partial charge in [0.05, 0.1) is 30.7 Å². The van der Waals surface area contributed by atoms with Crippen molar-refractivity contribution in [2.24, 2.45) is 0 Å². The third-order valence-corrected chi connectivity index (χ3v) is 5.95. The van der Waals surface area contributed by atoms with Gasteiger partial charge in [-0.05, 0) is 48.7 Å². The Morgan fingerprint density at radius 3 is 2.74 bits per heavy atom. The predicted molar refractivity (Wildman–Crippen MR) is 123 cm³/mol. The molecule has 10 heteroatoms. The Kier molecular flexibility index (Phi) is 6.85. The second kappa shape index (κ2) is 9.82. The predicted octanol–water partition coefficient (Wildman–Crippen LogP) is 3.16. The molecule has 1 aliphatic heterocycles. The number of fused-ring (bicyclic) bond motifs is 1. The monoisotopic (exact) mass is 488 g/mol. The van der Waals surface area contributed by atoms with E-state index in [0.717, 1.165) is 0 Å². The summed E-state index contributed by atoms with van der Waals surface area (Å²) < 4.78 is 29.4. The van der Waals surface area contributed by atoms with Gasteiger partial charge in [-0.3, -0.25) is 9.59 Å². The van der Waals surface area contributed by atoms with E-state index in [9.17, 15) is 18.8 Å². The maximum Gasteiger partial charge on any atom is 0.331 e. The third kappa shape index (κ3) is 4.62. The number of carbonyl (C=O) groups is 2. The summed E-state index contributed by atoms with van der Waals surface area (Å²) >= 11 is 6.22. The van der Waals surface area contributed by atoms with Crippen LogP contribution in [0.1, 0.15) is 6.92 Å². The first-order chi connectivity index (χ1) is 16.3. The first kappa shape index (κ1) is 23.7. The molecule has 178 valence electrons. The number of nitrogens with zero attached hydrogens (tertiary/aromatic N) is 1. The van der Waals surface area contributed by atoms with Crippen LogP contribution in [-0.4, -0.2) is 60.8 Å². The quantitative estimate of drug-likeness (QED) is 0.554. The Morgan fingerprint density at radius 1 is 1.21 bits per heavy atom. The second-order valence-electron chi connectivity index (χ2n) is 7.77. The maximum atomic E-state index is 13.5. The topological polar surface area (TPSA) is 97.9 Å². The highest BCUT2D eigenvalue weighted by atomic mass is 35.5. The number of amides is 1. The van der Waals surface area contributed by atoms with Crippen LogP contribution in [0.25, 0.3) is 21.9 Å². The fraction of sp³-hybridized carbons (Fsp3) is 0.292. The van der Waals surface area contributed by atoms with Crippen molar-refractivity contribution in [2.45, 2.75) is 19.1 Å². The minimum absolute atomic E-state index is 0.0468. The van der Waals surface area contributed by atoms with E-state index in [4.69, 9.17) is 25.8 Å². The Hall–Kier alpha value is -3.43. The number of hydrogen-bond acceptors (Lipinski definition) is 6. The normalized spacial score (nSPS) is 16.8. The minimum atomic E-state index is -0.934. The van der Waals surface area contributed by atoms with Gasteiger partial charge in [0.25, 0.3) is 11.5 Å². The van der Waals surface area contributed by atoms with E-state index in [1.54, 1.807) is 19.1 Å². The van der Waals surface area contributed by atoms with Crippen LogP contribution in [0.15, 0.2) is 47.4 Å². The molecule has 4 rings (SSSR count). The molecule has 2 atom stereocenters. The average molecular weight is 489 g/mol. The van der Waals surface area contributed by atoms with Gasteiger partial charge in [0, 0.05) is 23.9 Å². The van der Waals surface area contributed by atoms with Crippen molar-refractivity contribution in [3.05, 3.63) is 63.8 Å². The number of aromatic amines is 1. The summed E-state index contributed by atoms with van der Waals surface area (Å²) in [6.45, 7) is 2.14. The maximum absolute atomic E-state index is 13.5. The summed E-state index contributed by atoms with van der Waals surface area (Å²) in [5.41, 5.74) is 0.813. The molecule has 2 heterocycles. The van der Waals surface area contributed by atoms with Gasteiger partial charge in [-0.1, -0.05) is 11.6 Å². The van der Waals surface area contributed by atoms with Crippen molar-refractivity contribution >= 4 is 34.2 Å². The van der Waals surface area contributed by atoms with Gasteiger partial charge in [-0.25, -0.2) is 9.18 Å². The molecule has 0 spiro atoms. The van der Waals surface area contributed by atoms with Crippen LogP contribution in [0.2, 0.25) is 5.02 Å². The molecule has 8 nitrogen and oxygen atoms in total. The third-order valence-electron chi connectivity index (χ3n) is 5.64. The lowest BCUT2D eigenvalue weighted by Crippen LogP contribution is -2.56. The lowest BCUT2D eigenvalue weighted by Gasteiger charge is -2.35. The number of H-pyrrole nitrogens is 1. The second-order valence-corrected chi connectivity index (χ2v) is 8.18. The Bertz CT molecular complexity index is 1310. The van der Waals surface area contributed by atoms with Crippen molar-refractivity contribution in [2.75, 3.05) is 26.9 Å². The smallest absolute Gasteiger partial charge is 0.331 e. The van der Waals surface area contributed by atoms with E-state index in [1.807, 2.05) is 0 Å². The molecule has 1 amide bonds. The zero-order valence-electron chi connectivity index (χ0n) is 18.5. The van der Waals surface area contributed by atoms with Gasteiger partial charge in [0.2, 0.25) is 0 Å². The molecule has 0 aliphatic carbocycles. The molecule has 1 saturated heterocycles. The van der Waals surface area contributed by atoms with E-state index < -0.39 is 29.8 Å². The number of halogens is 2. The number of aromatic nitrogens is 1. The number of esters is 1. The van der Waals surface area contributed by atoms with Gasteiger partial charge >= 0.3 is 5.97 Å². The number of carbonyl (C=O) groups excluding carboxylic acids is 2. The molecule has 3 aromatic rings. The molecule has 0 saturated carbocycles. The number of ether oxygens (including phenoxy) is 3. The molecule has 1 aromatic heterocycles. The number of morpholine rings is 1. The summed E-state index contributed by atoms with van der Waals surface area (Å²) in [6.07, 6.45) is 0.582. The highest BCUT2D eigenvalue weighted by Gasteiger charge is 2.36. The highest BCUT2D eigenvalue weighted by molar-refractivity contribution is 6.33. The number of benzene rings is 2. The van der Waals surface area contributed by atoms with Crippen molar-refractivity contribution < 1.29 is 28.2 Å². The first-order valence-electron chi connectivity index (χ1n) is 10.5. The van der Waals surface area contributed by atoms with Gasteiger partial charge in [-0.15, -0.1) is 0 Å². The van der Waals surface area contributed by atoms with Gasteiger partial charge in [0.15, 0.2) is 12.1 Å². The fourth-order valence-corrected chi connectivity index (χ4v) is 4.20. The number of rotatable bonds is 5. The SMILES string of the molecule is COC(=O)[C@H]1COCCN1C(=O)[C@@H](C)Oc1ccc2c(-c3ccc(F)cc3Cl)c[nH]c(=O)c2c1. The molecule has 0 bridgehead atoms. The van der Waals surface area contributed by atoms with Crippen LogP contribution in [0.4, 0.5) is 4.39 Å². The fourth-order valence-electron chi connectivity index (χ4n) is 3.93. The largest absolute Gasteiger partial charge is 0.481 e. The summed E-state index contributed by atoms with van der Waals surface area (Å²) in [5, 5.41) is 1.11. The standard InChI is InChI=1S/C24H22ClFN2O6/c1-13(23(30)28-7-8-33-12-21(28)24(31)32-2)34-15-4-6-16-18(10-15)22(29)27-11-19(16)17-5-3-14(26)9-20(17)25/h3-6,9-11,13,21H,7-8,12H2,1-2H3,(H,27,29)/t13-,21-/m1/s1. The molecule has 1 fully saturated rings. The van der Waals surface area contributed by atoms with Gasteiger partial charge < -0.3 is 24.1 Å². The van der Waals surface area contributed by atoms with Crippen molar-refractivity contribution in [3.63, 3.8) is 0 Å². The lowest BCUT2D eigenvalue weighted by molar-refractivity contribution is -0.163. The van der Waals surface area contributed by atoms with Crippen LogP contribution >= 0.6 is 11.6 Å². The lowest BCUT2D eigenvalue weighted by atomic mass is 10.0. The Morgan fingerprint density at radius 2 is 2.00 bits per heavy atom. The zero-order chi connectivity index (χ0) is 24.4. The highest BCUT2D eigenvalue weighted by Crippen LogP contribution is 2.33. The van der Waals surface area contributed by atoms with E-state index in [-0.39, 0.29) is 23.7 Å². The molecular weight excluding hydrogens is 467 g/mol. The van der Waals surface area contributed by atoms with Gasteiger partial charge in [-0.2, -0.15) is 0 Å². The van der Waals surface area contributed by atoms with Crippen molar-refractivity contribution in [1.29, 1.82) is 0 Å². The number of nitrogens with one attached hydrogen (secondary N) is 1. The summed E-state index contributed by atoms with van der Waals surface area (Å²) in [6, 6.07) is 8.01.